The summed E-state index contributed by atoms with van der Waals surface area (Å²) in [6.45, 7) is 2.07. The van der Waals surface area contributed by atoms with Gasteiger partial charge in [0, 0.05) is 11.8 Å². The van der Waals surface area contributed by atoms with Crippen LogP contribution in [0.2, 0.25) is 0 Å². The molecule has 14 heavy (non-hydrogen) atoms. The molecule has 0 spiro atoms. The minimum Gasteiger partial charge on any atom is -0.259 e. The maximum atomic E-state index is 10.1. The highest BCUT2D eigenvalue weighted by atomic mass is 16.6. The van der Waals surface area contributed by atoms with Crippen molar-refractivity contribution in [1.29, 1.82) is 0 Å². The van der Waals surface area contributed by atoms with E-state index in [-0.39, 0.29) is 0 Å². The fraction of sp³-hybridized carbons (Fsp3) is 0.300. The summed E-state index contributed by atoms with van der Waals surface area (Å²) >= 11 is 0. The Bertz CT molecular complexity index is 348. The fourth-order valence-corrected chi connectivity index (χ4v) is 1.12. The molecule has 74 valence electrons. The van der Waals surface area contributed by atoms with E-state index in [2.05, 4.69) is 11.9 Å². The lowest BCUT2D eigenvalue weighted by Gasteiger charge is -1.97. The number of hydrogen-bond donors (Lipinski definition) is 0. The summed E-state index contributed by atoms with van der Waals surface area (Å²) in [4.78, 5) is 13.8. The van der Waals surface area contributed by atoms with Gasteiger partial charge in [0.05, 0.1) is 10.6 Å². The van der Waals surface area contributed by atoms with E-state index in [1.165, 1.54) is 6.08 Å². The molecule has 0 aliphatic rings. The summed E-state index contributed by atoms with van der Waals surface area (Å²) in [6.07, 6.45) is 4.23. The summed E-state index contributed by atoms with van der Waals surface area (Å²) in [7, 11) is 0. The van der Waals surface area contributed by atoms with Crippen molar-refractivity contribution < 1.29 is 4.92 Å². The topological polar surface area (TPSA) is 56.0 Å². The van der Waals surface area contributed by atoms with E-state index in [1.54, 1.807) is 6.07 Å². The Hall–Kier alpha value is -1.71. The van der Waals surface area contributed by atoms with Crippen LogP contribution in [0, 0.1) is 10.1 Å². The molecule has 1 rings (SSSR count). The van der Waals surface area contributed by atoms with Crippen molar-refractivity contribution in [1.82, 2.24) is 4.98 Å². The van der Waals surface area contributed by atoms with Crippen LogP contribution >= 0.6 is 0 Å². The van der Waals surface area contributed by atoms with E-state index in [1.807, 2.05) is 12.1 Å². The Morgan fingerprint density at radius 2 is 2.36 bits per heavy atom. The van der Waals surface area contributed by atoms with Crippen LogP contribution in [0.15, 0.2) is 24.4 Å². The predicted octanol–water partition coefficient (Wildman–Crippen LogP) is 2.28. The van der Waals surface area contributed by atoms with Crippen LogP contribution in [0.25, 0.3) is 6.08 Å². The van der Waals surface area contributed by atoms with Gasteiger partial charge in [0.15, 0.2) is 0 Å². The van der Waals surface area contributed by atoms with E-state index < -0.39 is 4.92 Å². The van der Waals surface area contributed by atoms with Crippen LogP contribution < -0.4 is 0 Å². The molecule has 0 saturated carbocycles. The number of aromatic nitrogens is 1. The first kappa shape index (κ1) is 10.4. The second kappa shape index (κ2) is 5.11. The quantitative estimate of drug-likeness (QED) is 0.543. The van der Waals surface area contributed by atoms with Gasteiger partial charge in [0.1, 0.15) is 0 Å². The van der Waals surface area contributed by atoms with Crippen LogP contribution in [0.1, 0.15) is 24.7 Å². The van der Waals surface area contributed by atoms with Crippen LogP contribution in [0.5, 0.6) is 0 Å². The number of nitro groups is 1. The molecule has 1 aromatic heterocycles. The summed E-state index contributed by atoms with van der Waals surface area (Å²) in [6, 6.07) is 5.53. The van der Waals surface area contributed by atoms with E-state index >= 15 is 0 Å². The van der Waals surface area contributed by atoms with Crippen LogP contribution in [-0.2, 0) is 6.42 Å². The molecule has 0 unspecified atom stereocenters. The molecule has 1 aromatic rings. The zero-order valence-electron chi connectivity index (χ0n) is 8.01. The molecular formula is C10H12N2O2. The molecule has 0 aliphatic heterocycles. The minimum absolute atomic E-state index is 0.492. The molecule has 0 aliphatic carbocycles. The molecule has 0 radical (unpaired) electrons. The molecule has 1 heterocycles. The minimum atomic E-state index is -0.492. The second-order valence-electron chi connectivity index (χ2n) is 2.90. The van der Waals surface area contributed by atoms with Crippen molar-refractivity contribution >= 4 is 6.08 Å². The predicted molar refractivity (Wildman–Crippen MR) is 54.3 cm³/mol. The Labute approximate surface area is 82.4 Å². The van der Waals surface area contributed by atoms with Gasteiger partial charge in [-0.1, -0.05) is 19.4 Å². The van der Waals surface area contributed by atoms with Gasteiger partial charge in [0.2, 0.25) is 6.20 Å². The van der Waals surface area contributed by atoms with Crippen molar-refractivity contribution in [2.75, 3.05) is 0 Å². The third-order valence-corrected chi connectivity index (χ3v) is 1.70. The van der Waals surface area contributed by atoms with Gasteiger partial charge in [-0.3, -0.25) is 15.1 Å². The van der Waals surface area contributed by atoms with E-state index in [4.69, 9.17) is 0 Å². The van der Waals surface area contributed by atoms with Crippen LogP contribution in [0.4, 0.5) is 0 Å². The number of rotatable bonds is 4. The van der Waals surface area contributed by atoms with Gasteiger partial charge in [-0.15, -0.1) is 0 Å². The zero-order valence-corrected chi connectivity index (χ0v) is 8.01. The van der Waals surface area contributed by atoms with Crippen LogP contribution in [-0.4, -0.2) is 9.91 Å². The standard InChI is InChI=1S/C10H12N2O2/c1-2-4-9-5-3-6-10(11-9)7-8-12(13)14/h3,5-8H,2,4H2,1H3/b8-7+. The fourth-order valence-electron chi connectivity index (χ4n) is 1.12. The highest BCUT2D eigenvalue weighted by molar-refractivity contribution is 5.42. The normalized spacial score (nSPS) is 10.6. The average molecular weight is 192 g/mol. The number of pyridine rings is 1. The Kier molecular flexibility index (Phi) is 3.79. The molecule has 0 fully saturated rings. The molecule has 0 atom stereocenters. The van der Waals surface area contributed by atoms with Crippen LogP contribution in [0.3, 0.4) is 0 Å². The van der Waals surface area contributed by atoms with Gasteiger partial charge in [-0.2, -0.15) is 0 Å². The smallest absolute Gasteiger partial charge is 0.236 e. The molecular weight excluding hydrogens is 180 g/mol. The summed E-state index contributed by atoms with van der Waals surface area (Å²) in [5, 5.41) is 10.1. The number of aryl methyl sites for hydroxylation is 1. The van der Waals surface area contributed by atoms with E-state index in [0.717, 1.165) is 24.7 Å². The average Bonchev–Trinajstić information content (AvgIpc) is 2.16. The molecule has 0 bridgehead atoms. The van der Waals surface area contributed by atoms with Gasteiger partial charge in [-0.05, 0) is 18.6 Å². The van der Waals surface area contributed by atoms with Gasteiger partial charge >= 0.3 is 0 Å². The molecule has 0 amide bonds. The Morgan fingerprint density at radius 1 is 1.57 bits per heavy atom. The van der Waals surface area contributed by atoms with Crippen molar-refractivity contribution in [2.45, 2.75) is 19.8 Å². The van der Waals surface area contributed by atoms with Crippen molar-refractivity contribution in [3.63, 3.8) is 0 Å². The largest absolute Gasteiger partial charge is 0.259 e. The van der Waals surface area contributed by atoms with E-state index in [0.29, 0.717) is 5.69 Å². The maximum Gasteiger partial charge on any atom is 0.236 e. The van der Waals surface area contributed by atoms with Crippen molar-refractivity contribution in [3.8, 4) is 0 Å². The lowest BCUT2D eigenvalue weighted by atomic mass is 10.2. The molecule has 0 N–H and O–H groups in total. The first-order valence-electron chi connectivity index (χ1n) is 4.50. The maximum absolute atomic E-state index is 10.1. The lowest BCUT2D eigenvalue weighted by molar-refractivity contribution is -0.401. The third-order valence-electron chi connectivity index (χ3n) is 1.70. The summed E-state index contributed by atoms with van der Waals surface area (Å²) in [5.41, 5.74) is 1.60. The molecule has 4 heteroatoms. The van der Waals surface area contributed by atoms with Gasteiger partial charge < -0.3 is 0 Å². The van der Waals surface area contributed by atoms with Gasteiger partial charge in [-0.25, -0.2) is 0 Å². The summed E-state index contributed by atoms with van der Waals surface area (Å²) in [5.74, 6) is 0. The third kappa shape index (κ3) is 3.35. The van der Waals surface area contributed by atoms with Crippen molar-refractivity contribution in [3.05, 3.63) is 45.9 Å². The highest BCUT2D eigenvalue weighted by Gasteiger charge is 1.95. The Morgan fingerprint density at radius 3 is 3.00 bits per heavy atom. The summed E-state index contributed by atoms with van der Waals surface area (Å²) < 4.78 is 0. The highest BCUT2D eigenvalue weighted by Crippen LogP contribution is 2.03. The number of nitrogens with zero attached hydrogens (tertiary/aromatic N) is 2. The monoisotopic (exact) mass is 192 g/mol. The first-order valence-corrected chi connectivity index (χ1v) is 4.50. The number of hydrogen-bond acceptors (Lipinski definition) is 3. The lowest BCUT2D eigenvalue weighted by Crippen LogP contribution is -1.91. The Balaban J connectivity index is 2.77. The second-order valence-corrected chi connectivity index (χ2v) is 2.90. The SMILES string of the molecule is CCCc1cccc(/C=C/[N+](=O)[O-])n1. The van der Waals surface area contributed by atoms with E-state index in [9.17, 15) is 10.1 Å². The van der Waals surface area contributed by atoms with Crippen molar-refractivity contribution in [2.24, 2.45) is 0 Å². The first-order chi connectivity index (χ1) is 6.72. The van der Waals surface area contributed by atoms with Gasteiger partial charge in [0.25, 0.3) is 0 Å². The molecule has 0 aromatic carbocycles. The molecule has 4 nitrogen and oxygen atoms in total. The zero-order chi connectivity index (χ0) is 10.4. The molecule has 0 saturated heterocycles.